The number of phenolic OH excluding ortho intramolecular Hbond substituents is 1. The van der Waals surface area contributed by atoms with E-state index in [-0.39, 0.29) is 60.8 Å². The number of aromatic hydroxyl groups is 1. The standard InChI is InChI=1S/C61H76N12O8/c1-36(2)57(61(77)72-34-45(74)26-52(72)60(76)65-37(3)40-9-11-41(12-10-40)58-38(4)64-35-78-58)54-30-55(68-81-54)70-23-16-39(17-24-70)31-69-21-18-46(19-22-69)79-47-27-48(28-47)80-56-25-42(15-20-63-56)73-43-13-14-44(73)33-71(32-43)51-29-50(66-67-59(51)62)49-7-5-6-8-53(49)75/h5-12,15,20,25,29-30,35-37,39,43-48,52,57,74-75H,13-14,16-19,21-24,26-28,31-34H2,1-4H3,(H2,62,67)(H,65,76)/t37-,43?,44?,45+,47-,48-,52-,57+/m0/s1. The summed E-state index contributed by atoms with van der Waals surface area (Å²) >= 11 is 0. The van der Waals surface area contributed by atoms with Gasteiger partial charge in [-0.3, -0.25) is 9.59 Å². The molecule has 5 N–H and O–H groups in total. The molecule has 5 aliphatic heterocycles. The van der Waals surface area contributed by atoms with Crippen LogP contribution >= 0.6 is 0 Å². The number of β-amino-alcohol motifs (C(OH)–C–C–N with tert-alkyl or cyclic N) is 1. The molecule has 9 heterocycles. The van der Waals surface area contributed by atoms with Crippen molar-refractivity contribution in [2.75, 3.05) is 72.8 Å². The first kappa shape index (κ1) is 54.3. The van der Waals surface area contributed by atoms with Gasteiger partial charge in [-0.25, -0.2) is 9.97 Å². The Morgan fingerprint density at radius 2 is 1.58 bits per heavy atom. The number of phenols is 1. The number of benzene rings is 2. The van der Waals surface area contributed by atoms with Crippen LogP contribution in [0, 0.1) is 18.8 Å². The molecule has 6 aromatic rings. The number of piperazine rings is 1. The number of carbonyl (C=O) groups excluding carboxylic acids is 2. The summed E-state index contributed by atoms with van der Waals surface area (Å²) in [5.41, 5.74) is 12.2. The van der Waals surface area contributed by atoms with Gasteiger partial charge >= 0.3 is 0 Å². The number of aliphatic hydroxyl groups excluding tert-OH is 1. The minimum absolute atomic E-state index is 0.0729. The van der Waals surface area contributed by atoms with E-state index in [2.05, 4.69) is 62.4 Å². The van der Waals surface area contributed by atoms with Crippen LogP contribution in [0.5, 0.6) is 11.6 Å². The topological polar surface area (TPSA) is 238 Å². The van der Waals surface area contributed by atoms with E-state index in [0.29, 0.717) is 52.5 Å². The molecule has 0 radical (unpaired) electrons. The average Bonchev–Trinajstić information content (AvgIpc) is 4.28. The Bertz CT molecular complexity index is 3140. The lowest BCUT2D eigenvalue weighted by atomic mass is 9.91. The molecule has 428 valence electrons. The van der Waals surface area contributed by atoms with Crippen molar-refractivity contribution in [1.82, 2.24) is 40.4 Å². The predicted octanol–water partition coefficient (Wildman–Crippen LogP) is 7.52. The Morgan fingerprint density at radius 3 is 2.30 bits per heavy atom. The van der Waals surface area contributed by atoms with Gasteiger partial charge in [-0.2, -0.15) is 0 Å². The maximum atomic E-state index is 14.4. The third kappa shape index (κ3) is 11.6. The number of likely N-dealkylation sites (tertiary alicyclic amines) is 2. The normalized spacial score (nSPS) is 24.4. The van der Waals surface area contributed by atoms with E-state index < -0.39 is 18.1 Å². The van der Waals surface area contributed by atoms with Gasteiger partial charge in [0.05, 0.1) is 41.4 Å². The zero-order valence-electron chi connectivity index (χ0n) is 46.8. The van der Waals surface area contributed by atoms with Gasteiger partial charge < -0.3 is 64.2 Å². The fraction of sp³-hybridized carbons (Fsp3) is 0.525. The summed E-state index contributed by atoms with van der Waals surface area (Å²) in [6.45, 7) is 14.3. The number of nitrogens with one attached hydrogen (secondary N) is 1. The highest BCUT2D eigenvalue weighted by Crippen LogP contribution is 2.41. The number of fused-ring (bicyclic) bond motifs is 2. The second kappa shape index (κ2) is 23.3. The van der Waals surface area contributed by atoms with Crippen LogP contribution in [0.3, 0.4) is 0 Å². The lowest BCUT2D eigenvalue weighted by Crippen LogP contribution is -2.54. The molecule has 1 saturated carbocycles. The number of para-hydroxylation sites is 1. The highest BCUT2D eigenvalue weighted by atomic mass is 16.5. The smallest absolute Gasteiger partial charge is 0.243 e. The molecular formula is C61H76N12O8. The van der Waals surface area contributed by atoms with Gasteiger partial charge in [0.1, 0.15) is 23.8 Å². The van der Waals surface area contributed by atoms with E-state index in [1.54, 1.807) is 12.1 Å². The minimum Gasteiger partial charge on any atom is -0.507 e. The fourth-order valence-electron chi connectivity index (χ4n) is 13.4. The zero-order valence-corrected chi connectivity index (χ0v) is 46.8. The number of amides is 2. The number of piperidine rings is 2. The molecule has 20 heteroatoms. The first-order chi connectivity index (χ1) is 39.3. The second-order valence-electron chi connectivity index (χ2n) is 23.8. The van der Waals surface area contributed by atoms with Crippen LogP contribution in [0.25, 0.3) is 22.6 Å². The van der Waals surface area contributed by atoms with Crippen molar-refractivity contribution in [2.45, 2.75) is 140 Å². The van der Waals surface area contributed by atoms with Crippen molar-refractivity contribution >= 4 is 34.8 Å². The van der Waals surface area contributed by atoms with Crippen LogP contribution in [-0.2, 0) is 14.3 Å². The number of aliphatic hydroxyl groups is 1. The Morgan fingerprint density at radius 1 is 0.827 bits per heavy atom. The summed E-state index contributed by atoms with van der Waals surface area (Å²) in [6.07, 6.45) is 11.2. The average molecular weight is 1110 g/mol. The van der Waals surface area contributed by atoms with Gasteiger partial charge in [0, 0.05) is 119 Å². The summed E-state index contributed by atoms with van der Waals surface area (Å²) in [4.78, 5) is 48.2. The van der Waals surface area contributed by atoms with E-state index in [1.807, 2.05) is 82.4 Å². The summed E-state index contributed by atoms with van der Waals surface area (Å²) in [6, 6.07) is 22.4. The quantitative estimate of drug-likeness (QED) is 0.0691. The van der Waals surface area contributed by atoms with Crippen molar-refractivity contribution in [3.63, 3.8) is 0 Å². The van der Waals surface area contributed by atoms with Crippen LogP contribution in [0.2, 0.25) is 0 Å². The summed E-state index contributed by atoms with van der Waals surface area (Å²) in [5.74, 6) is 2.35. The molecule has 12 rings (SSSR count). The Hall–Kier alpha value is -7.29. The number of pyridine rings is 1. The first-order valence-corrected chi connectivity index (χ1v) is 29.2. The van der Waals surface area contributed by atoms with E-state index in [1.165, 1.54) is 11.3 Å². The molecule has 5 saturated heterocycles. The third-order valence-corrected chi connectivity index (χ3v) is 17.9. The van der Waals surface area contributed by atoms with Crippen LogP contribution in [-0.4, -0.2) is 152 Å². The molecule has 1 aliphatic carbocycles. The number of aromatic nitrogens is 5. The van der Waals surface area contributed by atoms with Gasteiger partial charge in [0.15, 0.2) is 29.5 Å². The number of aryl methyl sites for hydroxylation is 1. The fourth-order valence-corrected chi connectivity index (χ4v) is 13.4. The van der Waals surface area contributed by atoms with Gasteiger partial charge in [-0.1, -0.05) is 55.4 Å². The molecular weight excluding hydrogens is 1030 g/mol. The molecule has 20 nitrogen and oxygen atoms in total. The Balaban J connectivity index is 0.564. The van der Waals surface area contributed by atoms with Gasteiger partial charge in [0.25, 0.3) is 0 Å². The molecule has 81 heavy (non-hydrogen) atoms. The third-order valence-electron chi connectivity index (χ3n) is 17.9. The highest BCUT2D eigenvalue weighted by Gasteiger charge is 2.45. The number of ether oxygens (including phenoxy) is 2. The minimum atomic E-state index is -0.817. The molecule has 0 spiro atoms. The van der Waals surface area contributed by atoms with Crippen LogP contribution in [0.4, 0.5) is 23.0 Å². The number of nitrogen functional groups attached to an aromatic ring is 1. The van der Waals surface area contributed by atoms with Gasteiger partial charge in [0.2, 0.25) is 17.7 Å². The van der Waals surface area contributed by atoms with Gasteiger partial charge in [-0.05, 0) is 94.0 Å². The van der Waals surface area contributed by atoms with Crippen LogP contribution < -0.4 is 30.5 Å². The zero-order chi connectivity index (χ0) is 55.9. The maximum absolute atomic E-state index is 14.4. The van der Waals surface area contributed by atoms with E-state index in [4.69, 9.17) is 24.1 Å². The lowest BCUT2D eigenvalue weighted by molar-refractivity contribution is -0.141. The van der Waals surface area contributed by atoms with Crippen LogP contribution in [0.15, 0.2) is 94.3 Å². The largest absolute Gasteiger partial charge is 0.507 e. The molecule has 2 unspecified atom stereocenters. The number of nitrogens with zero attached hydrogens (tertiary/aromatic N) is 10. The maximum Gasteiger partial charge on any atom is 0.243 e. The van der Waals surface area contributed by atoms with Crippen molar-refractivity contribution in [2.24, 2.45) is 11.8 Å². The van der Waals surface area contributed by atoms with E-state index in [9.17, 15) is 19.8 Å². The number of oxazole rings is 1. The van der Waals surface area contributed by atoms with Gasteiger partial charge in [-0.15, -0.1) is 10.2 Å². The highest BCUT2D eigenvalue weighted by molar-refractivity contribution is 5.91. The predicted molar refractivity (Wildman–Crippen MR) is 306 cm³/mol. The van der Waals surface area contributed by atoms with Crippen LogP contribution in [0.1, 0.15) is 108 Å². The Kier molecular flexibility index (Phi) is 15.6. The number of carbonyl (C=O) groups is 2. The lowest BCUT2D eigenvalue weighted by Gasteiger charge is -2.43. The van der Waals surface area contributed by atoms with Crippen molar-refractivity contribution in [3.05, 3.63) is 102 Å². The molecule has 4 aromatic heterocycles. The number of hydrogen-bond donors (Lipinski definition) is 4. The van der Waals surface area contributed by atoms with E-state index in [0.717, 1.165) is 131 Å². The second-order valence-corrected chi connectivity index (χ2v) is 23.8. The number of rotatable bonds is 17. The molecule has 2 aromatic carbocycles. The molecule has 6 aliphatic rings. The van der Waals surface area contributed by atoms with Crippen molar-refractivity contribution in [3.8, 4) is 34.2 Å². The monoisotopic (exact) mass is 1100 g/mol. The Labute approximate surface area is 473 Å². The molecule has 2 amide bonds. The number of hydrogen-bond acceptors (Lipinski definition) is 18. The number of anilines is 4. The van der Waals surface area contributed by atoms with Crippen molar-refractivity contribution in [1.29, 1.82) is 0 Å². The summed E-state index contributed by atoms with van der Waals surface area (Å²) < 4.78 is 24.6. The molecule has 6 fully saturated rings. The van der Waals surface area contributed by atoms with Crippen molar-refractivity contribution < 1.29 is 38.2 Å². The van der Waals surface area contributed by atoms with E-state index >= 15 is 0 Å². The first-order valence-electron chi connectivity index (χ1n) is 29.2. The summed E-state index contributed by atoms with van der Waals surface area (Å²) in [7, 11) is 0. The molecule has 2 bridgehead atoms. The SMILES string of the molecule is Cc1ncoc1-c1ccc([C@H](C)NC(=O)[C@@H]2C[C@@H](O)CN2C(=O)[C@@H](c2cc(N3CCC(CN4CCC(O[C@H]5C[C@H](Oc6cc(N7C8CCC7CN(c7cc(-c9ccccc9O)nnc7N)C8)ccn6)C5)CC4)CC3)no2)C(C)C)cc1. The number of nitrogens with two attached hydrogens (primary N) is 1. The molecule has 6 atom stereocenters. The summed E-state index contributed by atoms with van der Waals surface area (Å²) in [5, 5.41) is 37.4.